The monoisotopic (exact) mass is 284 g/mol. The Morgan fingerprint density at radius 1 is 1.47 bits per heavy atom. The highest BCUT2D eigenvalue weighted by Crippen LogP contribution is 2.14. The van der Waals surface area contributed by atoms with Crippen LogP contribution in [0.1, 0.15) is 30.7 Å². The van der Waals surface area contributed by atoms with Gasteiger partial charge in [-0.2, -0.15) is 0 Å². The minimum Gasteiger partial charge on any atom is -0.480 e. The van der Waals surface area contributed by atoms with E-state index in [2.05, 4.69) is 10.6 Å². The molecule has 2 amide bonds. The van der Waals surface area contributed by atoms with Crippen LogP contribution in [0.15, 0.2) is 11.4 Å². The van der Waals surface area contributed by atoms with Gasteiger partial charge in [-0.25, -0.2) is 9.59 Å². The van der Waals surface area contributed by atoms with Crippen LogP contribution < -0.4 is 10.6 Å². The average molecular weight is 284 g/mol. The van der Waals surface area contributed by atoms with Crippen molar-refractivity contribution in [3.05, 3.63) is 21.9 Å². The first-order valence-electron chi connectivity index (χ1n) is 6.25. The quantitative estimate of drug-likeness (QED) is 0.750. The Balaban J connectivity index is 2.49. The molecule has 2 atom stereocenters. The van der Waals surface area contributed by atoms with E-state index in [1.54, 1.807) is 11.3 Å². The van der Waals surface area contributed by atoms with Crippen molar-refractivity contribution < 1.29 is 14.7 Å². The second-order valence-electron chi connectivity index (χ2n) is 4.56. The lowest BCUT2D eigenvalue weighted by molar-refractivity contribution is -0.140. The van der Waals surface area contributed by atoms with Crippen LogP contribution in [0.5, 0.6) is 0 Å². The second kappa shape index (κ2) is 7.13. The summed E-state index contributed by atoms with van der Waals surface area (Å²) in [5.41, 5.74) is 1.13. The molecule has 0 aliphatic carbocycles. The van der Waals surface area contributed by atoms with Crippen LogP contribution in [0.3, 0.4) is 0 Å². The highest BCUT2D eigenvalue weighted by atomic mass is 32.1. The Labute approximate surface area is 117 Å². The lowest BCUT2D eigenvalue weighted by atomic mass is 9.99. The van der Waals surface area contributed by atoms with Gasteiger partial charge in [-0.1, -0.05) is 20.3 Å². The number of amides is 2. The number of aliphatic carboxylic acids is 1. The van der Waals surface area contributed by atoms with Crippen molar-refractivity contribution in [1.29, 1.82) is 0 Å². The highest BCUT2D eigenvalue weighted by Gasteiger charge is 2.25. The van der Waals surface area contributed by atoms with Crippen molar-refractivity contribution in [3.63, 3.8) is 0 Å². The molecule has 106 valence electrons. The molecule has 3 N–H and O–H groups in total. The van der Waals surface area contributed by atoms with E-state index in [9.17, 15) is 9.59 Å². The standard InChI is InChI=1S/C13H20N2O3S/c1-4-8(2)11(12(16)17)15-13(18)14-7-10-9(3)5-6-19-10/h5-6,8,11H,4,7H2,1-3H3,(H,16,17)(H2,14,15,18)/t8-,11-/m0/s1. The third kappa shape index (κ3) is 4.55. The molecule has 19 heavy (non-hydrogen) atoms. The Morgan fingerprint density at radius 3 is 2.63 bits per heavy atom. The zero-order valence-electron chi connectivity index (χ0n) is 11.4. The van der Waals surface area contributed by atoms with Gasteiger partial charge in [0.1, 0.15) is 6.04 Å². The first-order chi connectivity index (χ1) is 8.95. The summed E-state index contributed by atoms with van der Waals surface area (Å²) in [7, 11) is 0. The maximum atomic E-state index is 11.7. The fourth-order valence-electron chi connectivity index (χ4n) is 1.62. The molecule has 0 aliphatic rings. The normalized spacial score (nSPS) is 13.6. The zero-order chi connectivity index (χ0) is 14.4. The Kier molecular flexibility index (Phi) is 5.82. The van der Waals surface area contributed by atoms with Crippen LogP contribution in [-0.2, 0) is 11.3 Å². The predicted molar refractivity (Wildman–Crippen MR) is 75.3 cm³/mol. The summed E-state index contributed by atoms with van der Waals surface area (Å²) in [6, 6.07) is 0.689. The molecule has 0 fully saturated rings. The van der Waals surface area contributed by atoms with Crippen LogP contribution in [0.2, 0.25) is 0 Å². The molecule has 0 radical (unpaired) electrons. The SMILES string of the molecule is CC[C@H](C)[C@H](NC(=O)NCc1sccc1C)C(=O)O. The number of nitrogens with one attached hydrogen (secondary N) is 2. The van der Waals surface area contributed by atoms with E-state index >= 15 is 0 Å². The van der Waals surface area contributed by atoms with Gasteiger partial charge in [0.2, 0.25) is 0 Å². The maximum Gasteiger partial charge on any atom is 0.326 e. The van der Waals surface area contributed by atoms with Gasteiger partial charge in [0, 0.05) is 4.88 Å². The van der Waals surface area contributed by atoms with E-state index in [0.29, 0.717) is 13.0 Å². The van der Waals surface area contributed by atoms with Crippen molar-refractivity contribution >= 4 is 23.3 Å². The average Bonchev–Trinajstić information content (AvgIpc) is 2.77. The number of carbonyl (C=O) groups is 2. The van der Waals surface area contributed by atoms with Crippen LogP contribution in [-0.4, -0.2) is 23.1 Å². The molecule has 0 bridgehead atoms. The molecule has 0 saturated heterocycles. The molecular formula is C13H20N2O3S. The third-order valence-electron chi connectivity index (χ3n) is 3.14. The molecule has 0 aromatic carbocycles. The summed E-state index contributed by atoms with van der Waals surface area (Å²) < 4.78 is 0. The Hall–Kier alpha value is -1.56. The van der Waals surface area contributed by atoms with E-state index in [4.69, 9.17) is 5.11 Å². The minimum atomic E-state index is -1.00. The summed E-state index contributed by atoms with van der Waals surface area (Å²) >= 11 is 1.57. The van der Waals surface area contributed by atoms with Crippen LogP contribution >= 0.6 is 11.3 Å². The van der Waals surface area contributed by atoms with Gasteiger partial charge in [-0.05, 0) is 29.9 Å². The van der Waals surface area contributed by atoms with E-state index in [-0.39, 0.29) is 5.92 Å². The van der Waals surface area contributed by atoms with Crippen LogP contribution in [0.25, 0.3) is 0 Å². The van der Waals surface area contributed by atoms with E-state index in [1.807, 2.05) is 32.2 Å². The van der Waals surface area contributed by atoms with Crippen molar-refractivity contribution in [2.24, 2.45) is 5.92 Å². The fourth-order valence-corrected chi connectivity index (χ4v) is 2.47. The van der Waals surface area contributed by atoms with E-state index < -0.39 is 18.0 Å². The molecule has 1 aromatic rings. The molecule has 1 aromatic heterocycles. The van der Waals surface area contributed by atoms with Gasteiger partial charge in [0.05, 0.1) is 6.54 Å². The first kappa shape index (κ1) is 15.5. The first-order valence-corrected chi connectivity index (χ1v) is 7.13. The number of urea groups is 1. The summed E-state index contributed by atoms with van der Waals surface area (Å²) in [5.74, 6) is -1.11. The second-order valence-corrected chi connectivity index (χ2v) is 5.56. The molecular weight excluding hydrogens is 264 g/mol. The predicted octanol–water partition coefficient (Wildman–Crippen LogP) is 2.36. The van der Waals surface area contributed by atoms with Crippen molar-refractivity contribution in [2.75, 3.05) is 0 Å². The third-order valence-corrected chi connectivity index (χ3v) is 4.17. The van der Waals surface area contributed by atoms with Gasteiger partial charge < -0.3 is 15.7 Å². The lowest BCUT2D eigenvalue weighted by Crippen LogP contribution is -2.48. The number of rotatable bonds is 6. The smallest absolute Gasteiger partial charge is 0.326 e. The highest BCUT2D eigenvalue weighted by molar-refractivity contribution is 7.10. The van der Waals surface area contributed by atoms with Crippen LogP contribution in [0.4, 0.5) is 4.79 Å². The number of aryl methyl sites for hydroxylation is 1. The summed E-state index contributed by atoms with van der Waals surface area (Å²) in [4.78, 5) is 23.9. The van der Waals surface area contributed by atoms with Gasteiger partial charge in [-0.3, -0.25) is 0 Å². The van der Waals surface area contributed by atoms with Gasteiger partial charge in [0.25, 0.3) is 0 Å². The van der Waals surface area contributed by atoms with Gasteiger partial charge in [-0.15, -0.1) is 11.3 Å². The fraction of sp³-hybridized carbons (Fsp3) is 0.538. The summed E-state index contributed by atoms with van der Waals surface area (Å²) in [6.45, 7) is 6.10. The molecule has 6 heteroatoms. The van der Waals surface area contributed by atoms with Crippen molar-refractivity contribution in [3.8, 4) is 0 Å². The van der Waals surface area contributed by atoms with Gasteiger partial charge >= 0.3 is 12.0 Å². The topological polar surface area (TPSA) is 78.4 Å². The molecule has 0 saturated carbocycles. The summed E-state index contributed by atoms with van der Waals surface area (Å²) in [5, 5.41) is 16.2. The molecule has 0 spiro atoms. The number of carbonyl (C=O) groups excluding carboxylic acids is 1. The largest absolute Gasteiger partial charge is 0.480 e. The van der Waals surface area contributed by atoms with Crippen molar-refractivity contribution in [2.45, 2.75) is 39.8 Å². The Morgan fingerprint density at radius 2 is 2.16 bits per heavy atom. The van der Waals surface area contributed by atoms with Gasteiger partial charge in [0.15, 0.2) is 0 Å². The number of hydrogen-bond donors (Lipinski definition) is 3. The number of thiophene rings is 1. The molecule has 0 aliphatic heterocycles. The van der Waals surface area contributed by atoms with E-state index in [0.717, 1.165) is 10.4 Å². The van der Waals surface area contributed by atoms with Crippen molar-refractivity contribution in [1.82, 2.24) is 10.6 Å². The lowest BCUT2D eigenvalue weighted by Gasteiger charge is -2.20. The molecule has 1 rings (SSSR count). The van der Waals surface area contributed by atoms with E-state index in [1.165, 1.54) is 0 Å². The summed E-state index contributed by atoms with van der Waals surface area (Å²) in [6.07, 6.45) is 0.696. The molecule has 1 heterocycles. The minimum absolute atomic E-state index is 0.105. The number of carboxylic acid groups (broad SMARTS) is 1. The number of carboxylic acids is 1. The van der Waals surface area contributed by atoms with Crippen LogP contribution in [0, 0.1) is 12.8 Å². The maximum absolute atomic E-state index is 11.7. The number of hydrogen-bond acceptors (Lipinski definition) is 3. The molecule has 5 nitrogen and oxygen atoms in total. The Bertz CT molecular complexity index is 445. The molecule has 0 unspecified atom stereocenters. The zero-order valence-corrected chi connectivity index (χ0v) is 12.2.